The molecule has 0 amide bonds. The number of methoxy groups -OCH3 is 2. The molecule has 1 aromatic heterocycles. The molecule has 2 aromatic carbocycles. The number of halogens is 1. The summed E-state index contributed by atoms with van der Waals surface area (Å²) in [4.78, 5) is 9.05. The van der Waals surface area contributed by atoms with Crippen LogP contribution in [0.5, 0.6) is 11.5 Å². The van der Waals surface area contributed by atoms with Gasteiger partial charge in [-0.25, -0.2) is 4.99 Å². The molecule has 178 valence electrons. The van der Waals surface area contributed by atoms with Crippen molar-refractivity contribution in [2.75, 3.05) is 27.3 Å². The van der Waals surface area contributed by atoms with Crippen molar-refractivity contribution < 1.29 is 14.0 Å². The van der Waals surface area contributed by atoms with Gasteiger partial charge in [-0.05, 0) is 48.7 Å². The lowest BCUT2D eigenvalue weighted by Gasteiger charge is -2.12. The third-order valence-electron chi connectivity index (χ3n) is 4.90. The lowest BCUT2D eigenvalue weighted by Crippen LogP contribution is -2.38. The number of hydrogen-bond acceptors (Lipinski definition) is 6. The van der Waals surface area contributed by atoms with Gasteiger partial charge in [0.15, 0.2) is 23.3 Å². The van der Waals surface area contributed by atoms with Crippen molar-refractivity contribution in [3.05, 3.63) is 59.4 Å². The summed E-state index contributed by atoms with van der Waals surface area (Å²) in [6, 6.07) is 14.0. The van der Waals surface area contributed by atoms with E-state index >= 15 is 0 Å². The van der Waals surface area contributed by atoms with Crippen molar-refractivity contribution in [1.29, 1.82) is 0 Å². The Hall–Kier alpha value is -2.82. The first-order chi connectivity index (χ1) is 15.7. The van der Waals surface area contributed by atoms with Crippen molar-refractivity contribution in [3.63, 3.8) is 0 Å². The zero-order valence-electron chi connectivity index (χ0n) is 19.6. The average Bonchev–Trinajstić information content (AvgIpc) is 3.32. The Morgan fingerprint density at radius 1 is 0.970 bits per heavy atom. The van der Waals surface area contributed by atoms with Crippen LogP contribution in [-0.2, 0) is 19.4 Å². The molecule has 3 rings (SSSR count). The average molecular weight is 565 g/mol. The van der Waals surface area contributed by atoms with Gasteiger partial charge in [0.05, 0.1) is 20.8 Å². The van der Waals surface area contributed by atoms with Crippen LogP contribution in [0.1, 0.15) is 30.8 Å². The first-order valence-corrected chi connectivity index (χ1v) is 10.8. The first kappa shape index (κ1) is 26.4. The molecule has 0 radical (unpaired) electrons. The third kappa shape index (κ3) is 7.62. The van der Waals surface area contributed by atoms with E-state index in [9.17, 15) is 0 Å². The van der Waals surface area contributed by atoms with E-state index in [0.29, 0.717) is 23.9 Å². The quantitative estimate of drug-likeness (QED) is 0.216. The summed E-state index contributed by atoms with van der Waals surface area (Å²) in [5, 5.41) is 10.6. The van der Waals surface area contributed by atoms with Gasteiger partial charge < -0.3 is 24.6 Å². The fourth-order valence-electron chi connectivity index (χ4n) is 3.15. The van der Waals surface area contributed by atoms with Gasteiger partial charge in [0, 0.05) is 25.1 Å². The molecule has 3 aromatic rings. The summed E-state index contributed by atoms with van der Waals surface area (Å²) in [7, 11) is 3.26. The van der Waals surface area contributed by atoms with Gasteiger partial charge in [0.25, 0.3) is 5.89 Å². The minimum Gasteiger partial charge on any atom is -0.493 e. The SMILES string of the molecule is CCNC(=NCc1ccc(OC)c(OC)c1)NCCc1ccc(-c2nc(CC)no2)cc1.I. The van der Waals surface area contributed by atoms with Crippen LogP contribution in [0.3, 0.4) is 0 Å². The maximum absolute atomic E-state index is 5.37. The summed E-state index contributed by atoms with van der Waals surface area (Å²) in [6.07, 6.45) is 1.63. The molecule has 2 N–H and O–H groups in total. The second-order valence-corrected chi connectivity index (χ2v) is 7.13. The van der Waals surface area contributed by atoms with Crippen LogP contribution < -0.4 is 20.1 Å². The number of benzene rings is 2. The number of aryl methyl sites for hydroxylation is 1. The topological polar surface area (TPSA) is 93.8 Å². The fourth-order valence-corrected chi connectivity index (χ4v) is 3.15. The summed E-state index contributed by atoms with van der Waals surface area (Å²) >= 11 is 0. The zero-order valence-corrected chi connectivity index (χ0v) is 21.9. The standard InChI is InChI=1S/C24H31N5O3.HI/c1-5-22-28-23(32-29-22)19-10-7-17(8-11-19)13-14-26-24(25-6-2)27-16-18-9-12-20(30-3)21(15-18)31-4;/h7-12,15H,5-6,13-14,16H2,1-4H3,(H2,25,26,27);1H. The van der Waals surface area contributed by atoms with Gasteiger partial charge >= 0.3 is 0 Å². The van der Waals surface area contributed by atoms with E-state index in [1.165, 1.54) is 5.56 Å². The van der Waals surface area contributed by atoms with Gasteiger partial charge in [-0.2, -0.15) is 4.98 Å². The zero-order chi connectivity index (χ0) is 22.8. The Morgan fingerprint density at radius 3 is 2.33 bits per heavy atom. The van der Waals surface area contributed by atoms with Crippen LogP contribution in [-0.4, -0.2) is 43.4 Å². The van der Waals surface area contributed by atoms with Crippen LogP contribution in [0, 0.1) is 0 Å². The van der Waals surface area contributed by atoms with Crippen molar-refractivity contribution in [3.8, 4) is 23.0 Å². The summed E-state index contributed by atoms with van der Waals surface area (Å²) in [6.45, 7) is 6.14. The predicted molar refractivity (Wildman–Crippen MR) is 141 cm³/mol. The normalized spacial score (nSPS) is 11.0. The van der Waals surface area contributed by atoms with E-state index in [1.54, 1.807) is 14.2 Å². The highest BCUT2D eigenvalue weighted by Crippen LogP contribution is 2.27. The van der Waals surface area contributed by atoms with E-state index in [0.717, 1.165) is 48.8 Å². The summed E-state index contributed by atoms with van der Waals surface area (Å²) in [5.41, 5.74) is 3.19. The van der Waals surface area contributed by atoms with Crippen LogP contribution in [0.15, 0.2) is 52.0 Å². The number of aliphatic imine (C=N–C) groups is 1. The summed E-state index contributed by atoms with van der Waals surface area (Å²) < 4.78 is 16.0. The Balaban J connectivity index is 0.00000385. The van der Waals surface area contributed by atoms with Crippen molar-refractivity contribution in [2.45, 2.75) is 33.2 Å². The van der Waals surface area contributed by atoms with Gasteiger partial charge in [-0.15, -0.1) is 24.0 Å². The molecule has 0 saturated carbocycles. The molecular weight excluding hydrogens is 533 g/mol. The fraction of sp³-hybridized carbons (Fsp3) is 0.375. The van der Waals surface area contributed by atoms with E-state index in [4.69, 9.17) is 14.0 Å². The number of guanidine groups is 1. The Morgan fingerprint density at radius 2 is 1.70 bits per heavy atom. The molecule has 9 heteroatoms. The van der Waals surface area contributed by atoms with E-state index in [2.05, 4.69) is 37.9 Å². The molecular formula is C24H32IN5O3. The largest absolute Gasteiger partial charge is 0.493 e. The number of hydrogen-bond donors (Lipinski definition) is 2. The predicted octanol–water partition coefficient (Wildman–Crippen LogP) is 4.23. The number of ether oxygens (including phenoxy) is 2. The van der Waals surface area contributed by atoms with E-state index in [-0.39, 0.29) is 24.0 Å². The molecule has 8 nitrogen and oxygen atoms in total. The molecule has 0 aliphatic rings. The third-order valence-corrected chi connectivity index (χ3v) is 4.90. The van der Waals surface area contributed by atoms with Crippen LogP contribution in [0.2, 0.25) is 0 Å². The highest BCUT2D eigenvalue weighted by molar-refractivity contribution is 14.0. The molecule has 0 bridgehead atoms. The van der Waals surface area contributed by atoms with Gasteiger partial charge in [-0.1, -0.05) is 30.3 Å². The summed E-state index contributed by atoms with van der Waals surface area (Å²) in [5.74, 6) is 3.46. The minimum atomic E-state index is 0. The Labute approximate surface area is 212 Å². The molecule has 0 spiro atoms. The van der Waals surface area contributed by atoms with Crippen LogP contribution in [0.4, 0.5) is 0 Å². The Bertz CT molecular complexity index is 1020. The highest BCUT2D eigenvalue weighted by Gasteiger charge is 2.08. The van der Waals surface area contributed by atoms with E-state index in [1.807, 2.05) is 44.2 Å². The van der Waals surface area contributed by atoms with Crippen LogP contribution in [0.25, 0.3) is 11.5 Å². The monoisotopic (exact) mass is 565 g/mol. The lowest BCUT2D eigenvalue weighted by atomic mass is 10.1. The van der Waals surface area contributed by atoms with Gasteiger partial charge in [0.1, 0.15) is 0 Å². The van der Waals surface area contributed by atoms with Gasteiger partial charge in [-0.3, -0.25) is 0 Å². The molecule has 0 saturated heterocycles. The molecule has 0 aliphatic heterocycles. The smallest absolute Gasteiger partial charge is 0.257 e. The first-order valence-electron chi connectivity index (χ1n) is 10.8. The number of rotatable bonds is 10. The lowest BCUT2D eigenvalue weighted by molar-refractivity contribution is 0.354. The second-order valence-electron chi connectivity index (χ2n) is 7.13. The van der Waals surface area contributed by atoms with E-state index < -0.39 is 0 Å². The Kier molecular flexibility index (Phi) is 10.9. The van der Waals surface area contributed by atoms with Gasteiger partial charge in [0.2, 0.25) is 0 Å². The number of nitrogens with zero attached hydrogens (tertiary/aromatic N) is 3. The second kappa shape index (κ2) is 13.7. The maximum Gasteiger partial charge on any atom is 0.257 e. The highest BCUT2D eigenvalue weighted by atomic mass is 127. The molecule has 0 atom stereocenters. The minimum absolute atomic E-state index is 0. The molecule has 0 unspecified atom stereocenters. The van der Waals surface area contributed by atoms with Crippen molar-refractivity contribution in [1.82, 2.24) is 20.8 Å². The van der Waals surface area contributed by atoms with Crippen LogP contribution >= 0.6 is 24.0 Å². The number of nitrogens with one attached hydrogen (secondary N) is 2. The molecule has 33 heavy (non-hydrogen) atoms. The molecule has 0 aliphatic carbocycles. The molecule has 0 fully saturated rings. The van der Waals surface area contributed by atoms with Crippen molar-refractivity contribution in [2.24, 2.45) is 4.99 Å². The van der Waals surface area contributed by atoms with Crippen molar-refractivity contribution >= 4 is 29.9 Å². The number of aromatic nitrogens is 2. The maximum atomic E-state index is 5.37. The molecule has 1 heterocycles.